The summed E-state index contributed by atoms with van der Waals surface area (Å²) in [6.45, 7) is 0.955. The van der Waals surface area contributed by atoms with E-state index in [1.54, 1.807) is 7.11 Å². The van der Waals surface area contributed by atoms with Gasteiger partial charge in [0.25, 0.3) is 0 Å². The first-order valence-corrected chi connectivity index (χ1v) is 8.59. The van der Waals surface area contributed by atoms with E-state index < -0.39 is 5.97 Å². The van der Waals surface area contributed by atoms with Gasteiger partial charge in [-0.1, -0.05) is 43.5 Å². The molecule has 1 aromatic rings. The number of aliphatic carboxylic acids is 1. The van der Waals surface area contributed by atoms with Gasteiger partial charge in [-0.25, -0.2) is 0 Å². The molecule has 1 amide bonds. The molecule has 0 bridgehead atoms. The van der Waals surface area contributed by atoms with E-state index >= 15 is 0 Å². The molecule has 24 heavy (non-hydrogen) atoms. The van der Waals surface area contributed by atoms with Crippen molar-refractivity contribution < 1.29 is 19.4 Å². The lowest BCUT2D eigenvalue weighted by atomic mass is 9.69. The number of methoxy groups -OCH3 is 1. The number of carbonyl (C=O) groups is 2. The molecule has 0 unspecified atom stereocenters. The quantitative estimate of drug-likeness (QED) is 0.765. The van der Waals surface area contributed by atoms with Crippen molar-refractivity contribution >= 4 is 11.9 Å². The Hall–Kier alpha value is -1.88. The van der Waals surface area contributed by atoms with Gasteiger partial charge in [-0.3, -0.25) is 9.59 Å². The maximum atomic E-state index is 12.4. The standard InChI is InChI=1S/C19H27NO4/c1-24-14-16-8-4-3-7-15(16)13-20-17(21)11-19(12-18(22)23)9-5-2-6-10-19/h3-4,7-8H,2,5-6,9-14H2,1H3,(H,20,21)(H,22,23). The molecule has 5 heteroatoms. The fraction of sp³-hybridized carbons (Fsp3) is 0.579. The lowest BCUT2D eigenvalue weighted by Gasteiger charge is -2.35. The molecule has 5 nitrogen and oxygen atoms in total. The number of rotatable bonds is 8. The Morgan fingerprint density at radius 2 is 1.79 bits per heavy atom. The van der Waals surface area contributed by atoms with Gasteiger partial charge in [0.15, 0.2) is 0 Å². The summed E-state index contributed by atoms with van der Waals surface area (Å²) in [5.74, 6) is -0.875. The van der Waals surface area contributed by atoms with Crippen molar-refractivity contribution in [1.29, 1.82) is 0 Å². The Morgan fingerprint density at radius 1 is 1.12 bits per heavy atom. The molecule has 132 valence electrons. The number of benzene rings is 1. The minimum Gasteiger partial charge on any atom is -0.481 e. The van der Waals surface area contributed by atoms with E-state index in [1.165, 1.54) is 0 Å². The van der Waals surface area contributed by atoms with Crippen LogP contribution in [0.2, 0.25) is 0 Å². The number of carboxylic acid groups (broad SMARTS) is 1. The first-order valence-electron chi connectivity index (χ1n) is 8.59. The van der Waals surface area contributed by atoms with Gasteiger partial charge in [0, 0.05) is 20.1 Å². The topological polar surface area (TPSA) is 75.6 Å². The molecule has 1 aromatic carbocycles. The molecule has 0 aromatic heterocycles. The van der Waals surface area contributed by atoms with Gasteiger partial charge < -0.3 is 15.2 Å². The van der Waals surface area contributed by atoms with Crippen molar-refractivity contribution in [3.05, 3.63) is 35.4 Å². The molecule has 0 radical (unpaired) electrons. The van der Waals surface area contributed by atoms with Crippen LogP contribution in [0.1, 0.15) is 56.1 Å². The van der Waals surface area contributed by atoms with Crippen molar-refractivity contribution in [3.8, 4) is 0 Å². The smallest absolute Gasteiger partial charge is 0.303 e. The van der Waals surface area contributed by atoms with Crippen LogP contribution in [-0.2, 0) is 27.5 Å². The zero-order chi connectivity index (χ0) is 17.4. The van der Waals surface area contributed by atoms with Crippen molar-refractivity contribution in [2.75, 3.05) is 7.11 Å². The molecule has 2 rings (SSSR count). The second kappa shape index (κ2) is 8.83. The Labute approximate surface area is 143 Å². The van der Waals surface area contributed by atoms with Crippen LogP contribution in [0.4, 0.5) is 0 Å². The normalized spacial score (nSPS) is 16.5. The second-order valence-electron chi connectivity index (χ2n) is 6.79. The third kappa shape index (κ3) is 5.34. The average molecular weight is 333 g/mol. The van der Waals surface area contributed by atoms with Gasteiger partial charge in [0.2, 0.25) is 5.91 Å². The Kier molecular flexibility index (Phi) is 6.79. The maximum Gasteiger partial charge on any atom is 0.303 e. The predicted molar refractivity (Wildman–Crippen MR) is 91.4 cm³/mol. The number of amides is 1. The van der Waals surface area contributed by atoms with E-state index in [1.807, 2.05) is 24.3 Å². The largest absolute Gasteiger partial charge is 0.481 e. The van der Waals surface area contributed by atoms with Crippen LogP contribution in [0.25, 0.3) is 0 Å². The maximum absolute atomic E-state index is 12.4. The molecule has 2 N–H and O–H groups in total. The van der Waals surface area contributed by atoms with Gasteiger partial charge in [-0.15, -0.1) is 0 Å². The van der Waals surface area contributed by atoms with Crippen LogP contribution in [0.3, 0.4) is 0 Å². The van der Waals surface area contributed by atoms with Crippen LogP contribution in [0.5, 0.6) is 0 Å². The summed E-state index contributed by atoms with van der Waals surface area (Å²) >= 11 is 0. The monoisotopic (exact) mass is 333 g/mol. The molecule has 0 heterocycles. The van der Waals surface area contributed by atoms with Crippen LogP contribution in [0.15, 0.2) is 24.3 Å². The van der Waals surface area contributed by atoms with Gasteiger partial charge >= 0.3 is 5.97 Å². The zero-order valence-electron chi connectivity index (χ0n) is 14.3. The molecule has 0 saturated heterocycles. The molecule has 1 aliphatic carbocycles. The Balaban J connectivity index is 1.95. The summed E-state index contributed by atoms with van der Waals surface area (Å²) in [5, 5.41) is 12.2. The Bertz CT molecular complexity index is 564. The van der Waals surface area contributed by atoms with Crippen molar-refractivity contribution in [3.63, 3.8) is 0 Å². The van der Waals surface area contributed by atoms with Crippen molar-refractivity contribution in [2.24, 2.45) is 5.41 Å². The Morgan fingerprint density at radius 3 is 2.42 bits per heavy atom. The molecule has 0 atom stereocenters. The van der Waals surface area contributed by atoms with Gasteiger partial charge in [-0.2, -0.15) is 0 Å². The van der Waals surface area contributed by atoms with Gasteiger partial charge in [0.1, 0.15) is 0 Å². The van der Waals surface area contributed by atoms with Gasteiger partial charge in [-0.05, 0) is 29.4 Å². The molecule has 1 fully saturated rings. The summed E-state index contributed by atoms with van der Waals surface area (Å²) in [6.07, 6.45) is 5.19. The van der Waals surface area contributed by atoms with Crippen molar-refractivity contribution in [1.82, 2.24) is 5.32 Å². The average Bonchev–Trinajstić information content (AvgIpc) is 2.54. The lowest BCUT2D eigenvalue weighted by Crippen LogP contribution is -2.35. The summed E-state index contributed by atoms with van der Waals surface area (Å²) in [4.78, 5) is 23.6. The minimum absolute atomic E-state index is 0.0645. The second-order valence-corrected chi connectivity index (χ2v) is 6.79. The molecular formula is C19H27NO4. The molecular weight excluding hydrogens is 306 g/mol. The number of ether oxygens (including phenoxy) is 1. The van der Waals surface area contributed by atoms with E-state index in [0.717, 1.165) is 43.2 Å². The first-order chi connectivity index (χ1) is 11.5. The van der Waals surface area contributed by atoms with Crippen LogP contribution < -0.4 is 5.32 Å². The highest BCUT2D eigenvalue weighted by Gasteiger charge is 2.36. The number of carbonyl (C=O) groups excluding carboxylic acids is 1. The molecule has 0 aliphatic heterocycles. The summed E-state index contributed by atoms with van der Waals surface area (Å²) < 4.78 is 5.18. The number of hydrogen-bond acceptors (Lipinski definition) is 3. The lowest BCUT2D eigenvalue weighted by molar-refractivity contribution is -0.141. The van der Waals surface area contributed by atoms with Crippen LogP contribution >= 0.6 is 0 Å². The van der Waals surface area contributed by atoms with E-state index in [0.29, 0.717) is 19.6 Å². The zero-order valence-corrected chi connectivity index (χ0v) is 14.3. The third-order valence-electron chi connectivity index (χ3n) is 4.87. The molecule has 1 aliphatic rings. The highest BCUT2D eigenvalue weighted by molar-refractivity contribution is 5.78. The minimum atomic E-state index is -0.810. The van der Waals surface area contributed by atoms with Crippen molar-refractivity contribution in [2.45, 2.75) is 58.1 Å². The summed E-state index contributed by atoms with van der Waals surface area (Å²) in [7, 11) is 1.65. The van der Waals surface area contributed by atoms with E-state index in [2.05, 4.69) is 5.32 Å². The highest BCUT2D eigenvalue weighted by atomic mass is 16.5. The fourth-order valence-corrected chi connectivity index (χ4v) is 3.66. The summed E-state index contributed by atoms with van der Waals surface area (Å²) in [6, 6.07) is 7.84. The van der Waals surface area contributed by atoms with Crippen LogP contribution in [0, 0.1) is 5.41 Å². The predicted octanol–water partition coefficient (Wildman–Crippen LogP) is 3.26. The highest BCUT2D eigenvalue weighted by Crippen LogP contribution is 2.42. The van der Waals surface area contributed by atoms with Crippen LogP contribution in [-0.4, -0.2) is 24.1 Å². The van der Waals surface area contributed by atoms with E-state index in [-0.39, 0.29) is 17.7 Å². The fourth-order valence-electron chi connectivity index (χ4n) is 3.66. The third-order valence-corrected chi connectivity index (χ3v) is 4.87. The van der Waals surface area contributed by atoms with E-state index in [9.17, 15) is 14.7 Å². The number of nitrogens with one attached hydrogen (secondary N) is 1. The van der Waals surface area contributed by atoms with E-state index in [4.69, 9.17) is 4.74 Å². The molecule has 1 saturated carbocycles. The SMILES string of the molecule is COCc1ccccc1CNC(=O)CC1(CC(=O)O)CCCCC1. The number of carboxylic acids is 1. The molecule has 0 spiro atoms. The van der Waals surface area contributed by atoms with Gasteiger partial charge in [0.05, 0.1) is 13.0 Å². The first kappa shape index (κ1) is 18.5. The summed E-state index contributed by atoms with van der Waals surface area (Å²) in [5.41, 5.74) is 1.71. The number of hydrogen-bond donors (Lipinski definition) is 2.